The first-order valence-corrected chi connectivity index (χ1v) is 26.8. The first-order valence-electron chi connectivity index (χ1n) is 24.3. The van der Waals surface area contributed by atoms with Crippen LogP contribution in [0, 0.1) is 0 Å². The van der Waals surface area contributed by atoms with Crippen LogP contribution in [-0.2, 0) is 45.2 Å². The molecule has 0 bridgehead atoms. The molecule has 4 N–H and O–H groups in total. The SMILES string of the molecule is COc1cc2c(cc1OCc1cc(COc3cc4c(cc3OC)C(=O)N3c5ccccc5C[C@H]3C=N4)cc(NC(=O)CNC(=O)CNC(=O)CNC(=O)CCC(C)(C)SSC)c1)N=C[C@@H]1Cc3ccccc3N1C2=O. The van der Waals surface area contributed by atoms with Crippen LogP contribution in [0.3, 0.4) is 0 Å². The van der Waals surface area contributed by atoms with Gasteiger partial charge in [0.05, 0.1) is 68.4 Å². The van der Waals surface area contributed by atoms with Gasteiger partial charge in [-0.1, -0.05) is 58.0 Å². The number of carbonyl (C=O) groups is 6. The van der Waals surface area contributed by atoms with E-state index in [-0.39, 0.29) is 60.7 Å². The highest BCUT2D eigenvalue weighted by atomic mass is 33.1. The number of methoxy groups -OCH3 is 2. The Kier molecular flexibility index (Phi) is 15.8. The Morgan fingerprint density at radius 1 is 0.627 bits per heavy atom. The van der Waals surface area contributed by atoms with Crippen LogP contribution in [0.15, 0.2) is 101 Å². The first-order chi connectivity index (χ1) is 36.2. The van der Waals surface area contributed by atoms with E-state index in [4.69, 9.17) is 28.9 Å². The molecule has 4 heterocycles. The van der Waals surface area contributed by atoms with Gasteiger partial charge in [-0.3, -0.25) is 48.6 Å². The normalized spacial score (nSPS) is 15.7. The average Bonchev–Trinajstić information content (AvgIpc) is 3.90. The molecule has 5 aromatic rings. The Bertz CT molecular complexity index is 2980. The second-order valence-electron chi connectivity index (χ2n) is 18.8. The van der Waals surface area contributed by atoms with Gasteiger partial charge in [-0.05, 0) is 91.2 Å². The Balaban J connectivity index is 0.890. The number of para-hydroxylation sites is 2. The number of ether oxygens (including phenoxy) is 4. The van der Waals surface area contributed by atoms with Crippen LogP contribution in [0.25, 0.3) is 0 Å². The summed E-state index contributed by atoms with van der Waals surface area (Å²) in [5.41, 5.74) is 6.95. The van der Waals surface area contributed by atoms with Crippen LogP contribution in [0.2, 0.25) is 0 Å². The van der Waals surface area contributed by atoms with Crippen molar-refractivity contribution in [2.24, 2.45) is 9.98 Å². The quantitative estimate of drug-likeness (QED) is 0.0565. The number of anilines is 3. The zero-order valence-electron chi connectivity index (χ0n) is 42.0. The molecule has 0 saturated carbocycles. The van der Waals surface area contributed by atoms with E-state index in [1.807, 2.05) is 74.7 Å². The molecule has 20 heteroatoms. The van der Waals surface area contributed by atoms with Crippen molar-refractivity contribution in [1.29, 1.82) is 0 Å². The minimum atomic E-state index is -0.617. The number of hydrogen-bond acceptors (Lipinski definition) is 14. The highest BCUT2D eigenvalue weighted by molar-refractivity contribution is 8.76. The van der Waals surface area contributed by atoms with Crippen LogP contribution in [-0.4, -0.2) is 105 Å². The topological polar surface area (TPSA) is 219 Å². The number of amides is 6. The molecule has 4 aliphatic heterocycles. The summed E-state index contributed by atoms with van der Waals surface area (Å²) < 4.78 is 24.2. The molecular weight excluding hydrogens is 997 g/mol. The zero-order chi connectivity index (χ0) is 52.8. The van der Waals surface area contributed by atoms with E-state index >= 15 is 0 Å². The standard InChI is InChI=1S/C55H56N8O10S2/c1-55(2,75-74-5)15-14-49(64)58-27-50(65)59-28-51(66)60-29-52(67)61-36-17-32(30-72-47-23-41-39(21-45(47)70-3)53(68)62-37(25-56-41)19-34-10-6-8-12-43(34)62)16-33(18-36)31-73-48-24-42-40(22-46(48)71-4)54(69)63-38(26-57-42)20-35-11-7-9-13-44(35)63/h6-13,16-18,21-26,37-38H,14-15,19-20,27-31H2,1-5H3,(H,58,64)(H,59,65)(H,60,66)(H,61,67)/t37-,38-/m0/s1. The number of rotatable bonds is 20. The Labute approximate surface area is 441 Å². The lowest BCUT2D eigenvalue weighted by Crippen LogP contribution is -2.43. The zero-order valence-corrected chi connectivity index (χ0v) is 43.7. The van der Waals surface area contributed by atoms with Crippen LogP contribution in [0.1, 0.15) is 69.7 Å². The molecule has 0 spiro atoms. The van der Waals surface area contributed by atoms with Gasteiger partial charge in [-0.2, -0.15) is 0 Å². The third-order valence-electron chi connectivity index (χ3n) is 13.0. The molecule has 5 aromatic carbocycles. The van der Waals surface area contributed by atoms with Crippen LogP contribution in [0.4, 0.5) is 28.4 Å². The fourth-order valence-electron chi connectivity index (χ4n) is 9.34. The Hall–Kier alpha value is -7.84. The summed E-state index contributed by atoms with van der Waals surface area (Å²) in [7, 11) is 6.28. The molecule has 6 amide bonds. The molecule has 0 aromatic heterocycles. The monoisotopic (exact) mass is 1050 g/mol. The van der Waals surface area contributed by atoms with Crippen molar-refractivity contribution in [3.63, 3.8) is 0 Å². The van der Waals surface area contributed by atoms with Crippen molar-refractivity contribution in [2.45, 2.75) is 69.6 Å². The number of aliphatic imine (C=N–C) groups is 2. The second kappa shape index (κ2) is 22.7. The van der Waals surface area contributed by atoms with Crippen molar-refractivity contribution in [3.8, 4) is 23.0 Å². The molecule has 388 valence electrons. The number of nitrogens with one attached hydrogen (secondary N) is 4. The molecule has 0 unspecified atom stereocenters. The van der Waals surface area contributed by atoms with Gasteiger partial charge in [0.25, 0.3) is 11.8 Å². The molecule has 2 atom stereocenters. The summed E-state index contributed by atoms with van der Waals surface area (Å²) in [4.78, 5) is 91.9. The summed E-state index contributed by atoms with van der Waals surface area (Å²) in [5.74, 6) is -1.13. The van der Waals surface area contributed by atoms with E-state index < -0.39 is 30.8 Å². The Morgan fingerprint density at radius 2 is 1.09 bits per heavy atom. The minimum Gasteiger partial charge on any atom is -0.493 e. The maximum absolute atomic E-state index is 14.1. The maximum Gasteiger partial charge on any atom is 0.261 e. The number of carbonyl (C=O) groups excluding carboxylic acids is 6. The predicted octanol–water partition coefficient (Wildman–Crippen LogP) is 7.29. The largest absolute Gasteiger partial charge is 0.493 e. The fourth-order valence-corrected chi connectivity index (χ4v) is 11.6. The van der Waals surface area contributed by atoms with E-state index in [0.29, 0.717) is 81.6 Å². The van der Waals surface area contributed by atoms with Gasteiger partial charge in [-0.25, -0.2) is 0 Å². The number of benzene rings is 5. The highest BCUT2D eigenvalue weighted by Crippen LogP contribution is 2.43. The van der Waals surface area contributed by atoms with E-state index in [9.17, 15) is 28.8 Å². The summed E-state index contributed by atoms with van der Waals surface area (Å²) in [6.45, 7) is 2.90. The molecule has 0 radical (unpaired) electrons. The predicted molar refractivity (Wildman–Crippen MR) is 291 cm³/mol. The lowest BCUT2D eigenvalue weighted by molar-refractivity contribution is -0.128. The first kappa shape index (κ1) is 52.0. The molecule has 75 heavy (non-hydrogen) atoms. The molecular formula is C55H56N8O10S2. The van der Waals surface area contributed by atoms with Crippen LogP contribution < -0.4 is 50.0 Å². The fraction of sp³-hybridized carbons (Fsp3) is 0.309. The lowest BCUT2D eigenvalue weighted by Gasteiger charge is -2.22. The van der Waals surface area contributed by atoms with E-state index in [2.05, 4.69) is 21.3 Å². The molecule has 0 saturated heterocycles. The van der Waals surface area contributed by atoms with E-state index in [1.165, 1.54) is 14.2 Å². The van der Waals surface area contributed by atoms with Crippen molar-refractivity contribution in [2.75, 3.05) is 55.2 Å². The van der Waals surface area contributed by atoms with Crippen molar-refractivity contribution in [1.82, 2.24) is 16.0 Å². The van der Waals surface area contributed by atoms with Gasteiger partial charge in [0.1, 0.15) is 13.2 Å². The molecule has 4 aliphatic rings. The lowest BCUT2D eigenvalue weighted by atomic mass is 10.1. The molecule has 18 nitrogen and oxygen atoms in total. The van der Waals surface area contributed by atoms with Crippen molar-refractivity contribution >= 4 is 97.9 Å². The smallest absolute Gasteiger partial charge is 0.261 e. The van der Waals surface area contributed by atoms with Crippen molar-refractivity contribution in [3.05, 3.63) is 124 Å². The second-order valence-corrected chi connectivity index (χ2v) is 21.9. The van der Waals surface area contributed by atoms with Gasteiger partial charge < -0.3 is 40.2 Å². The van der Waals surface area contributed by atoms with Crippen LogP contribution >= 0.6 is 21.6 Å². The minimum absolute atomic E-state index is 0.0304. The highest BCUT2D eigenvalue weighted by Gasteiger charge is 2.38. The van der Waals surface area contributed by atoms with E-state index in [0.717, 1.165) is 22.5 Å². The van der Waals surface area contributed by atoms with E-state index in [1.54, 1.807) is 80.2 Å². The van der Waals surface area contributed by atoms with Crippen LogP contribution in [0.5, 0.6) is 23.0 Å². The molecule has 0 aliphatic carbocycles. The van der Waals surface area contributed by atoms with Gasteiger partial charge >= 0.3 is 0 Å². The van der Waals surface area contributed by atoms with Gasteiger partial charge in [0.15, 0.2) is 23.0 Å². The van der Waals surface area contributed by atoms with Gasteiger partial charge in [0.2, 0.25) is 23.6 Å². The summed E-state index contributed by atoms with van der Waals surface area (Å²) in [6.07, 6.45) is 7.70. The summed E-state index contributed by atoms with van der Waals surface area (Å²) in [6, 6.07) is 27.0. The third-order valence-corrected chi connectivity index (χ3v) is 15.7. The van der Waals surface area contributed by atoms with Crippen molar-refractivity contribution < 1.29 is 47.7 Å². The number of nitrogens with zero attached hydrogens (tertiary/aromatic N) is 4. The molecule has 0 fully saturated rings. The summed E-state index contributed by atoms with van der Waals surface area (Å²) >= 11 is 0. The summed E-state index contributed by atoms with van der Waals surface area (Å²) in [5, 5.41) is 10.4. The number of fused-ring (bicyclic) bond motifs is 8. The van der Waals surface area contributed by atoms with Gasteiger partial charge in [-0.15, -0.1) is 0 Å². The third kappa shape index (κ3) is 11.9. The average molecular weight is 1050 g/mol. The maximum atomic E-state index is 14.1. The number of hydrogen-bond donors (Lipinski definition) is 4. The molecule has 9 rings (SSSR count). The Morgan fingerprint density at radius 3 is 1.57 bits per heavy atom. The van der Waals surface area contributed by atoms with Gasteiger partial charge in [0, 0.05) is 65.6 Å².